The normalized spacial score (nSPS) is 11.8. The molecule has 8 nitrogen and oxygen atoms in total. The Morgan fingerprint density at radius 1 is 0.478 bits per heavy atom. The first-order valence-corrected chi connectivity index (χ1v) is 22.7. The molecule has 0 aliphatic rings. The lowest BCUT2D eigenvalue weighted by molar-refractivity contribution is -0.660. The van der Waals surface area contributed by atoms with E-state index in [-0.39, 0.29) is 5.69 Å². The summed E-state index contributed by atoms with van der Waals surface area (Å²) in [7, 11) is 6.15. The number of rotatable bonds is 9. The van der Waals surface area contributed by atoms with Gasteiger partial charge in [-0.1, -0.05) is 81.4 Å². The fraction of sp³-hybridized carbons (Fsp3) is 0.220. The van der Waals surface area contributed by atoms with Crippen LogP contribution < -0.4 is 13.7 Å². The van der Waals surface area contributed by atoms with Gasteiger partial charge in [-0.15, -0.1) is 0 Å². The van der Waals surface area contributed by atoms with Crippen LogP contribution in [0.1, 0.15) is 58.9 Å². The number of pyridine rings is 4. The number of aryl methyl sites for hydroxylation is 8. The van der Waals surface area contributed by atoms with Crippen LogP contribution in [0.5, 0.6) is 0 Å². The molecule has 0 bridgehead atoms. The lowest BCUT2D eigenvalue weighted by atomic mass is 10.0. The lowest BCUT2D eigenvalue weighted by Gasteiger charge is -2.08. The van der Waals surface area contributed by atoms with Crippen molar-refractivity contribution in [2.75, 3.05) is 0 Å². The van der Waals surface area contributed by atoms with Crippen molar-refractivity contribution in [2.45, 2.75) is 61.3 Å². The standard InChI is InChI=1S/C22H25N2.C19H20N3.C18H18N3/c1-16(2)14-19-9-7-11-21(23-19)18-12-13-22(24(4)15-18)20-10-6-5-8-17(20)3;1-4-19-20-12-11-17(21-19)15-9-10-18(22(3)13-15)16-8-6-5-7-14(16)2;1-13-6-4-5-7-16(13)18-9-8-15(12-21(18)3)17-10-11-19-14(2)20-17/h5-13,15-16H,14H2,1-4H3;5-13H,4H2,1-3H3;4-12H,1-3H3/q3*+1/i14D2,16D;;. The summed E-state index contributed by atoms with van der Waals surface area (Å²) in [6, 6.07) is 47.0. The van der Waals surface area contributed by atoms with Crippen LogP contribution in [0.2, 0.25) is 0 Å². The Kier molecular flexibility index (Phi) is 14.3. The van der Waals surface area contributed by atoms with E-state index in [1.807, 2.05) is 62.8 Å². The molecule has 0 amide bonds. The number of nitrogens with zero attached hydrogens (tertiary/aromatic N) is 8. The Bertz CT molecular complexity index is 3270. The van der Waals surface area contributed by atoms with Crippen LogP contribution in [0.3, 0.4) is 0 Å². The SMILES string of the molecule is CCc1nccc(-c2ccc(-c3ccccc3C)[n+](C)c2)n1.Cc1nccc(-c2ccc(-c3ccccc3C)[n+](C)c2)n1.[2H]C(C)(C)C([2H])([2H])c1cccc(-c2ccc(-c3ccccc3C)[n+](C)c2)n1. The first-order valence-electron chi connectivity index (χ1n) is 24.2. The average molecular weight is 887 g/mol. The summed E-state index contributed by atoms with van der Waals surface area (Å²) < 4.78 is 31.1. The van der Waals surface area contributed by atoms with Crippen molar-refractivity contribution in [1.82, 2.24) is 24.9 Å². The van der Waals surface area contributed by atoms with Gasteiger partial charge in [-0.05, 0) is 117 Å². The molecule has 8 heteroatoms. The molecule has 336 valence electrons. The van der Waals surface area contributed by atoms with E-state index < -0.39 is 12.3 Å². The molecule has 0 fully saturated rings. The number of hydrogen-bond donors (Lipinski definition) is 0. The summed E-state index contributed by atoms with van der Waals surface area (Å²) in [6.07, 6.45) is 8.89. The second-order valence-corrected chi connectivity index (χ2v) is 16.9. The summed E-state index contributed by atoms with van der Waals surface area (Å²) in [6.45, 7) is 13.5. The number of benzene rings is 3. The third-order valence-electron chi connectivity index (χ3n) is 11.5. The maximum absolute atomic E-state index is 8.30. The summed E-state index contributed by atoms with van der Waals surface area (Å²) in [5.74, 6) is 0.388. The predicted molar refractivity (Wildman–Crippen MR) is 271 cm³/mol. The second kappa shape index (κ2) is 22.1. The molecule has 0 aliphatic heterocycles. The van der Waals surface area contributed by atoms with Crippen molar-refractivity contribution in [3.63, 3.8) is 0 Å². The minimum atomic E-state index is -1.84. The molecule has 0 spiro atoms. The van der Waals surface area contributed by atoms with E-state index >= 15 is 0 Å². The van der Waals surface area contributed by atoms with Gasteiger partial charge in [-0.2, -0.15) is 0 Å². The highest BCUT2D eigenvalue weighted by Crippen LogP contribution is 2.26. The molecule has 0 saturated carbocycles. The van der Waals surface area contributed by atoms with Crippen molar-refractivity contribution >= 4 is 0 Å². The van der Waals surface area contributed by atoms with E-state index in [4.69, 9.17) is 4.11 Å². The fourth-order valence-corrected chi connectivity index (χ4v) is 7.97. The van der Waals surface area contributed by atoms with E-state index in [2.05, 4.69) is 184 Å². The van der Waals surface area contributed by atoms with E-state index in [1.54, 1.807) is 32.2 Å². The van der Waals surface area contributed by atoms with E-state index in [1.165, 1.54) is 44.8 Å². The molecule has 0 unspecified atom stereocenters. The van der Waals surface area contributed by atoms with Crippen molar-refractivity contribution < 1.29 is 17.8 Å². The third kappa shape index (κ3) is 12.0. The number of hydrogen-bond acceptors (Lipinski definition) is 5. The van der Waals surface area contributed by atoms with Crippen LogP contribution in [0.25, 0.3) is 67.5 Å². The number of aromatic nitrogens is 8. The van der Waals surface area contributed by atoms with Gasteiger partial charge >= 0.3 is 0 Å². The predicted octanol–water partition coefficient (Wildman–Crippen LogP) is 11.5. The van der Waals surface area contributed by atoms with Crippen molar-refractivity contribution in [1.29, 1.82) is 0 Å². The van der Waals surface area contributed by atoms with Crippen molar-refractivity contribution in [2.24, 2.45) is 27.0 Å². The topological polar surface area (TPSA) is 76.1 Å². The van der Waals surface area contributed by atoms with Gasteiger partial charge in [0.2, 0.25) is 17.1 Å². The zero-order chi connectivity index (χ0) is 50.2. The lowest BCUT2D eigenvalue weighted by Crippen LogP contribution is -2.30. The highest BCUT2D eigenvalue weighted by atomic mass is 14.9. The summed E-state index contributed by atoms with van der Waals surface area (Å²) >= 11 is 0. The average Bonchev–Trinajstić information content (AvgIpc) is 3.35. The van der Waals surface area contributed by atoms with Gasteiger partial charge < -0.3 is 0 Å². The first-order chi connectivity index (χ1) is 33.4. The van der Waals surface area contributed by atoms with Crippen LogP contribution in [-0.4, -0.2) is 24.9 Å². The molecule has 0 aliphatic carbocycles. The summed E-state index contributed by atoms with van der Waals surface area (Å²) in [4.78, 5) is 22.0. The van der Waals surface area contributed by atoms with E-state index in [9.17, 15) is 0 Å². The molecule has 0 N–H and O–H groups in total. The molecule has 67 heavy (non-hydrogen) atoms. The molecule has 9 aromatic rings. The summed E-state index contributed by atoms with van der Waals surface area (Å²) in [5, 5.41) is 0. The van der Waals surface area contributed by atoms with Crippen LogP contribution in [-0.2, 0) is 33.9 Å². The monoisotopic (exact) mass is 887 g/mol. The summed E-state index contributed by atoms with van der Waals surface area (Å²) in [5.41, 5.74) is 17.0. The largest absolute Gasteiger partial charge is 0.253 e. The zero-order valence-corrected chi connectivity index (χ0v) is 40.5. The molecular formula is C59H63N8+3. The van der Waals surface area contributed by atoms with Gasteiger partial charge in [0, 0.05) is 63.5 Å². The van der Waals surface area contributed by atoms with Gasteiger partial charge in [0.1, 0.15) is 32.8 Å². The van der Waals surface area contributed by atoms with Crippen molar-refractivity contribution in [3.8, 4) is 67.5 Å². The maximum Gasteiger partial charge on any atom is 0.212 e. The van der Waals surface area contributed by atoms with Gasteiger partial charge in [0.05, 0.1) is 33.8 Å². The fourth-order valence-electron chi connectivity index (χ4n) is 7.97. The Morgan fingerprint density at radius 2 is 0.896 bits per heavy atom. The van der Waals surface area contributed by atoms with Crippen LogP contribution in [0.4, 0.5) is 0 Å². The van der Waals surface area contributed by atoms with E-state index in [0.29, 0.717) is 5.69 Å². The Hall–Kier alpha value is -7.58. The Labute approximate surface area is 401 Å². The van der Waals surface area contributed by atoms with Crippen LogP contribution >= 0.6 is 0 Å². The van der Waals surface area contributed by atoms with Crippen molar-refractivity contribution in [3.05, 3.63) is 205 Å². The first kappa shape index (κ1) is 43.3. The van der Waals surface area contributed by atoms with Gasteiger partial charge in [0.25, 0.3) is 0 Å². The molecule has 6 aromatic heterocycles. The van der Waals surface area contributed by atoms with Gasteiger partial charge in [0.15, 0.2) is 18.6 Å². The molecule has 0 radical (unpaired) electrons. The Morgan fingerprint density at radius 3 is 1.30 bits per heavy atom. The highest BCUT2D eigenvalue weighted by molar-refractivity contribution is 5.66. The quantitative estimate of drug-likeness (QED) is 0.135. The zero-order valence-electron chi connectivity index (χ0n) is 43.5. The molecule has 9 rings (SSSR count). The maximum atomic E-state index is 8.30. The highest BCUT2D eigenvalue weighted by Gasteiger charge is 2.17. The van der Waals surface area contributed by atoms with Crippen LogP contribution in [0, 0.1) is 33.6 Å². The van der Waals surface area contributed by atoms with E-state index in [0.717, 1.165) is 51.8 Å². The molecule has 0 atom stereocenters. The molecular weight excluding hydrogens is 821 g/mol. The minimum Gasteiger partial charge on any atom is -0.253 e. The second-order valence-electron chi connectivity index (χ2n) is 16.9. The molecule has 0 saturated heterocycles. The third-order valence-corrected chi connectivity index (χ3v) is 11.5. The van der Waals surface area contributed by atoms with Gasteiger partial charge in [-0.3, -0.25) is 4.98 Å². The molecule has 6 heterocycles. The van der Waals surface area contributed by atoms with Crippen LogP contribution in [0.15, 0.2) is 171 Å². The van der Waals surface area contributed by atoms with Gasteiger partial charge in [-0.25, -0.2) is 33.6 Å². The Balaban J connectivity index is 0.000000156. The molecule has 3 aromatic carbocycles. The minimum absolute atomic E-state index is 0.283. The smallest absolute Gasteiger partial charge is 0.212 e.